The number of rotatable bonds is 4. The van der Waals surface area contributed by atoms with E-state index in [9.17, 15) is 4.79 Å². The summed E-state index contributed by atoms with van der Waals surface area (Å²) in [5, 5.41) is 8.06. The summed E-state index contributed by atoms with van der Waals surface area (Å²) >= 11 is 0. The third-order valence-corrected chi connectivity index (χ3v) is 5.33. The topological polar surface area (TPSA) is 66.3 Å². The molecule has 7 heteroatoms. The van der Waals surface area contributed by atoms with Gasteiger partial charge in [0.2, 0.25) is 5.91 Å². The Labute approximate surface area is 154 Å². The third-order valence-electron chi connectivity index (χ3n) is 5.33. The number of piperidine rings is 1. The van der Waals surface area contributed by atoms with Crippen molar-refractivity contribution in [2.24, 2.45) is 0 Å². The zero-order chi connectivity index (χ0) is 17.8. The van der Waals surface area contributed by atoms with Crippen LogP contribution in [-0.2, 0) is 11.3 Å². The number of nitrogens with zero attached hydrogens (tertiary/aromatic N) is 5. The second-order valence-electron chi connectivity index (χ2n) is 7.05. The first kappa shape index (κ1) is 17.0. The Kier molecular flexibility index (Phi) is 5.15. The van der Waals surface area contributed by atoms with E-state index in [4.69, 9.17) is 0 Å². The van der Waals surface area contributed by atoms with E-state index < -0.39 is 0 Å². The minimum absolute atomic E-state index is 0.149. The summed E-state index contributed by atoms with van der Waals surface area (Å²) in [4.78, 5) is 20.9. The Balaban J connectivity index is 1.30. The van der Waals surface area contributed by atoms with Crippen molar-refractivity contribution in [3.63, 3.8) is 0 Å². The highest BCUT2D eigenvalue weighted by Crippen LogP contribution is 2.21. The molecule has 2 saturated heterocycles. The Morgan fingerprint density at radius 2 is 1.96 bits per heavy atom. The molecule has 1 amide bonds. The van der Waals surface area contributed by atoms with Crippen LogP contribution in [0.25, 0.3) is 0 Å². The van der Waals surface area contributed by atoms with E-state index >= 15 is 0 Å². The molecule has 2 aliphatic heterocycles. The van der Waals surface area contributed by atoms with Gasteiger partial charge in [0.15, 0.2) is 0 Å². The summed E-state index contributed by atoms with van der Waals surface area (Å²) in [6.45, 7) is 5.63. The molecule has 138 valence electrons. The molecule has 0 aliphatic carbocycles. The van der Waals surface area contributed by atoms with Crippen LogP contribution < -0.4 is 10.2 Å². The van der Waals surface area contributed by atoms with E-state index in [0.29, 0.717) is 12.5 Å². The van der Waals surface area contributed by atoms with E-state index in [-0.39, 0.29) is 5.91 Å². The van der Waals surface area contributed by atoms with Crippen LogP contribution in [0.15, 0.2) is 36.8 Å². The number of amides is 1. The summed E-state index contributed by atoms with van der Waals surface area (Å²) < 4.78 is 1.79. The Bertz CT molecular complexity index is 717. The van der Waals surface area contributed by atoms with Crippen molar-refractivity contribution < 1.29 is 4.79 Å². The average Bonchev–Trinajstić information content (AvgIpc) is 3.18. The first-order valence-electron chi connectivity index (χ1n) is 9.46. The van der Waals surface area contributed by atoms with Crippen LogP contribution >= 0.6 is 0 Å². The molecule has 1 N–H and O–H groups in total. The number of aromatic nitrogens is 3. The van der Waals surface area contributed by atoms with Gasteiger partial charge >= 0.3 is 0 Å². The number of pyridine rings is 1. The lowest BCUT2D eigenvalue weighted by atomic mass is 9.97. The van der Waals surface area contributed by atoms with E-state index in [2.05, 4.69) is 26.4 Å². The van der Waals surface area contributed by atoms with Gasteiger partial charge in [-0.1, -0.05) is 0 Å². The quantitative estimate of drug-likeness (QED) is 0.890. The fourth-order valence-electron chi connectivity index (χ4n) is 3.79. The zero-order valence-electron chi connectivity index (χ0n) is 15.0. The largest absolute Gasteiger partial charge is 0.368 e. The molecule has 0 spiro atoms. The predicted molar refractivity (Wildman–Crippen MR) is 100 cm³/mol. The van der Waals surface area contributed by atoms with Crippen molar-refractivity contribution in [3.8, 4) is 0 Å². The monoisotopic (exact) mass is 354 g/mol. The summed E-state index contributed by atoms with van der Waals surface area (Å²) in [7, 11) is 0. The van der Waals surface area contributed by atoms with Crippen molar-refractivity contribution in [1.82, 2.24) is 25.0 Å². The number of nitrogens with one attached hydrogen (secondary N) is 1. The molecule has 0 bridgehead atoms. The van der Waals surface area contributed by atoms with Gasteiger partial charge in [0, 0.05) is 62.9 Å². The smallest absolute Gasteiger partial charge is 0.244 e. The number of carbonyl (C=O) groups is 1. The van der Waals surface area contributed by atoms with E-state index in [1.807, 2.05) is 35.6 Å². The Hall–Kier alpha value is -2.41. The predicted octanol–water partition coefficient (Wildman–Crippen LogP) is 1.09. The fraction of sp³-hybridized carbons (Fsp3) is 0.526. The maximum absolute atomic E-state index is 12.6. The SMILES string of the molecule is O=C(Cn1ccc(C2CCCNC2)n1)N1CCN(c2ccncc2)CC1. The molecular weight excluding hydrogens is 328 g/mol. The Morgan fingerprint density at radius 1 is 1.15 bits per heavy atom. The minimum atomic E-state index is 0.149. The van der Waals surface area contributed by atoms with E-state index in [1.54, 1.807) is 4.68 Å². The van der Waals surface area contributed by atoms with Crippen LogP contribution in [0.4, 0.5) is 5.69 Å². The van der Waals surface area contributed by atoms with Crippen LogP contribution in [0.2, 0.25) is 0 Å². The van der Waals surface area contributed by atoms with Crippen molar-refractivity contribution in [2.45, 2.75) is 25.3 Å². The van der Waals surface area contributed by atoms with Gasteiger partial charge in [0.25, 0.3) is 0 Å². The van der Waals surface area contributed by atoms with Gasteiger partial charge in [0.1, 0.15) is 6.54 Å². The molecule has 1 unspecified atom stereocenters. The fourth-order valence-corrected chi connectivity index (χ4v) is 3.79. The highest BCUT2D eigenvalue weighted by atomic mass is 16.2. The van der Waals surface area contributed by atoms with Crippen molar-refractivity contribution in [3.05, 3.63) is 42.5 Å². The third kappa shape index (κ3) is 3.88. The zero-order valence-corrected chi connectivity index (χ0v) is 15.0. The van der Waals surface area contributed by atoms with Crippen LogP contribution in [0.3, 0.4) is 0 Å². The molecule has 0 saturated carbocycles. The Morgan fingerprint density at radius 3 is 2.69 bits per heavy atom. The minimum Gasteiger partial charge on any atom is -0.368 e. The highest BCUT2D eigenvalue weighted by Gasteiger charge is 2.22. The van der Waals surface area contributed by atoms with Crippen LogP contribution in [-0.4, -0.2) is 64.8 Å². The second kappa shape index (κ2) is 7.86. The summed E-state index contributed by atoms with van der Waals surface area (Å²) in [6, 6.07) is 6.10. The molecule has 0 radical (unpaired) electrons. The summed E-state index contributed by atoms with van der Waals surface area (Å²) in [5.41, 5.74) is 2.28. The van der Waals surface area contributed by atoms with Gasteiger partial charge in [-0.05, 0) is 37.6 Å². The van der Waals surface area contributed by atoms with E-state index in [0.717, 1.165) is 45.0 Å². The lowest BCUT2D eigenvalue weighted by Gasteiger charge is -2.36. The lowest BCUT2D eigenvalue weighted by Crippen LogP contribution is -2.49. The van der Waals surface area contributed by atoms with Gasteiger partial charge < -0.3 is 15.1 Å². The first-order valence-corrected chi connectivity index (χ1v) is 9.46. The normalized spacial score (nSPS) is 21.0. The molecule has 2 fully saturated rings. The molecule has 7 nitrogen and oxygen atoms in total. The molecule has 2 aromatic rings. The molecule has 0 aromatic carbocycles. The summed E-state index contributed by atoms with van der Waals surface area (Å²) in [5.74, 6) is 0.625. The molecule has 2 aromatic heterocycles. The lowest BCUT2D eigenvalue weighted by molar-refractivity contribution is -0.132. The van der Waals surface area contributed by atoms with Crippen molar-refractivity contribution >= 4 is 11.6 Å². The van der Waals surface area contributed by atoms with Crippen LogP contribution in [0, 0.1) is 0 Å². The van der Waals surface area contributed by atoms with Crippen LogP contribution in [0.5, 0.6) is 0 Å². The van der Waals surface area contributed by atoms with Gasteiger partial charge in [-0.2, -0.15) is 5.10 Å². The number of carbonyl (C=O) groups excluding carboxylic acids is 1. The first-order chi connectivity index (χ1) is 12.8. The molecule has 26 heavy (non-hydrogen) atoms. The summed E-state index contributed by atoms with van der Waals surface area (Å²) in [6.07, 6.45) is 7.93. The molecule has 4 heterocycles. The maximum atomic E-state index is 12.6. The van der Waals surface area contributed by atoms with Crippen molar-refractivity contribution in [1.29, 1.82) is 0 Å². The van der Waals surface area contributed by atoms with Gasteiger partial charge in [0.05, 0.1) is 5.69 Å². The molecule has 4 rings (SSSR count). The standard InChI is InChI=1S/C19H26N6O/c26-19(15-25-9-5-18(22-25)16-2-1-6-21-14-16)24-12-10-23(11-13-24)17-3-7-20-8-4-17/h3-5,7-9,16,21H,1-2,6,10-15H2. The molecule has 2 aliphatic rings. The van der Waals surface area contributed by atoms with Gasteiger partial charge in [-0.25, -0.2) is 0 Å². The highest BCUT2D eigenvalue weighted by molar-refractivity contribution is 5.76. The van der Waals surface area contributed by atoms with Gasteiger partial charge in [-0.3, -0.25) is 14.5 Å². The molecule has 1 atom stereocenters. The maximum Gasteiger partial charge on any atom is 0.244 e. The van der Waals surface area contributed by atoms with Crippen LogP contribution in [0.1, 0.15) is 24.5 Å². The molecular formula is C19H26N6O. The van der Waals surface area contributed by atoms with Crippen molar-refractivity contribution in [2.75, 3.05) is 44.2 Å². The number of hydrogen-bond acceptors (Lipinski definition) is 5. The second-order valence-corrected chi connectivity index (χ2v) is 7.05. The number of piperazine rings is 1. The average molecular weight is 354 g/mol. The number of anilines is 1. The number of hydrogen-bond donors (Lipinski definition) is 1. The van der Waals surface area contributed by atoms with E-state index in [1.165, 1.54) is 18.5 Å². The van der Waals surface area contributed by atoms with Gasteiger partial charge in [-0.15, -0.1) is 0 Å².